The van der Waals surface area contributed by atoms with Gasteiger partial charge in [0.2, 0.25) is 6.08 Å². The first kappa shape index (κ1) is 10.5. The second kappa shape index (κ2) is 5.17. The van der Waals surface area contributed by atoms with E-state index in [2.05, 4.69) is 4.99 Å². The van der Waals surface area contributed by atoms with Crippen molar-refractivity contribution in [1.29, 1.82) is 0 Å². The smallest absolute Gasteiger partial charge is 0.303 e. The van der Waals surface area contributed by atoms with Crippen LogP contribution in [0.2, 0.25) is 0 Å². The molecule has 0 aliphatic carbocycles. The summed E-state index contributed by atoms with van der Waals surface area (Å²) in [6.07, 6.45) is 0.785. The van der Waals surface area contributed by atoms with E-state index in [0.29, 0.717) is 0 Å². The Hall–Kier alpha value is -1.52. The fraction of sp³-hybridized carbons (Fsp3) is 0.500. The predicted octanol–water partition coefficient (Wildman–Crippen LogP) is -0.959. The fourth-order valence-corrected chi connectivity index (χ4v) is 0.530. The van der Waals surface area contributed by atoms with Crippen LogP contribution >= 0.6 is 0 Å². The van der Waals surface area contributed by atoms with E-state index < -0.39 is 17.9 Å². The van der Waals surface area contributed by atoms with Crippen molar-refractivity contribution >= 4 is 18.0 Å². The van der Waals surface area contributed by atoms with Crippen molar-refractivity contribution in [1.82, 2.24) is 0 Å². The van der Waals surface area contributed by atoms with E-state index >= 15 is 0 Å². The maximum absolute atomic E-state index is 10.6. The summed E-state index contributed by atoms with van der Waals surface area (Å²) in [5, 5.41) is 8.20. The summed E-state index contributed by atoms with van der Waals surface area (Å²) in [6.45, 7) is 0. The zero-order valence-corrected chi connectivity index (χ0v) is 6.19. The van der Waals surface area contributed by atoms with Gasteiger partial charge in [-0.15, -0.1) is 4.99 Å². The average molecular weight is 172 g/mol. The number of carboxylic acid groups (broad SMARTS) is 1. The lowest BCUT2D eigenvalue weighted by molar-refractivity contribution is -0.137. The topological polar surface area (TPSA) is 110 Å². The highest BCUT2D eigenvalue weighted by Gasteiger charge is 2.13. The van der Waals surface area contributed by atoms with E-state index in [-0.39, 0.29) is 12.8 Å². The van der Waals surface area contributed by atoms with Crippen LogP contribution in [0.3, 0.4) is 0 Å². The van der Waals surface area contributed by atoms with E-state index in [1.165, 1.54) is 0 Å². The van der Waals surface area contributed by atoms with Crippen molar-refractivity contribution in [2.45, 2.75) is 18.9 Å². The van der Waals surface area contributed by atoms with E-state index in [0.717, 1.165) is 6.08 Å². The van der Waals surface area contributed by atoms with Gasteiger partial charge < -0.3 is 10.8 Å². The Balaban J connectivity index is 3.87. The van der Waals surface area contributed by atoms with Gasteiger partial charge >= 0.3 is 5.97 Å². The summed E-state index contributed by atoms with van der Waals surface area (Å²) >= 11 is 0. The highest BCUT2D eigenvalue weighted by atomic mass is 16.4. The number of hydrogen-bond donors (Lipinski definition) is 2. The second-order valence-corrected chi connectivity index (χ2v) is 2.08. The standard InChI is InChI=1S/C6H8N2O4/c7-4(1-2-5(10)11)6(12)8-3-9/h4H,1-2,7H2,(H,10,11). The molecule has 12 heavy (non-hydrogen) atoms. The van der Waals surface area contributed by atoms with E-state index in [4.69, 9.17) is 10.8 Å². The van der Waals surface area contributed by atoms with Crippen molar-refractivity contribution in [3.8, 4) is 0 Å². The van der Waals surface area contributed by atoms with E-state index in [1.807, 2.05) is 0 Å². The quantitative estimate of drug-likeness (QED) is 0.419. The maximum atomic E-state index is 10.6. The summed E-state index contributed by atoms with van der Waals surface area (Å²) in [5.41, 5.74) is 5.17. The molecule has 1 amide bonds. The lowest BCUT2D eigenvalue weighted by Crippen LogP contribution is -2.29. The van der Waals surface area contributed by atoms with E-state index in [9.17, 15) is 14.4 Å². The Morgan fingerprint density at radius 2 is 2.17 bits per heavy atom. The minimum absolute atomic E-state index is 0.0284. The molecule has 0 bridgehead atoms. The number of carbonyl (C=O) groups excluding carboxylic acids is 2. The van der Waals surface area contributed by atoms with Gasteiger partial charge in [0, 0.05) is 6.42 Å². The molecule has 0 fully saturated rings. The summed E-state index contributed by atoms with van der Waals surface area (Å²) in [7, 11) is 0. The molecular weight excluding hydrogens is 164 g/mol. The largest absolute Gasteiger partial charge is 0.481 e. The Morgan fingerprint density at radius 1 is 1.58 bits per heavy atom. The van der Waals surface area contributed by atoms with Gasteiger partial charge in [0.05, 0.1) is 6.04 Å². The van der Waals surface area contributed by atoms with Crippen molar-refractivity contribution in [3.05, 3.63) is 0 Å². The molecule has 0 aromatic rings. The molecule has 0 saturated heterocycles. The number of aliphatic imine (C=N–C) groups is 1. The lowest BCUT2D eigenvalue weighted by atomic mass is 10.1. The summed E-state index contributed by atoms with van der Waals surface area (Å²) in [6, 6.07) is -1.03. The van der Waals surface area contributed by atoms with Crippen LogP contribution in [0.15, 0.2) is 4.99 Å². The van der Waals surface area contributed by atoms with Crippen LogP contribution in [0.25, 0.3) is 0 Å². The maximum Gasteiger partial charge on any atom is 0.303 e. The highest BCUT2D eigenvalue weighted by Crippen LogP contribution is 1.95. The molecule has 0 aromatic carbocycles. The molecular formula is C6H8N2O4. The highest BCUT2D eigenvalue weighted by molar-refractivity contribution is 5.86. The summed E-state index contributed by atoms with van der Waals surface area (Å²) in [4.78, 5) is 32.9. The average Bonchev–Trinajstić information content (AvgIpc) is 2.00. The number of rotatable bonds is 4. The SMILES string of the molecule is NC(CCC(=O)O)C(=O)N=C=O. The van der Waals surface area contributed by atoms with Crippen molar-refractivity contribution in [3.63, 3.8) is 0 Å². The lowest BCUT2D eigenvalue weighted by Gasteiger charge is -2.02. The Bertz CT molecular complexity index is 232. The van der Waals surface area contributed by atoms with Gasteiger partial charge in [-0.25, -0.2) is 4.79 Å². The van der Waals surface area contributed by atoms with Crippen molar-refractivity contribution in [2.75, 3.05) is 0 Å². The fourth-order valence-electron chi connectivity index (χ4n) is 0.530. The van der Waals surface area contributed by atoms with Gasteiger partial charge in [-0.1, -0.05) is 0 Å². The first-order chi connectivity index (χ1) is 5.57. The van der Waals surface area contributed by atoms with Gasteiger partial charge in [0.15, 0.2) is 0 Å². The minimum Gasteiger partial charge on any atom is -0.481 e. The van der Waals surface area contributed by atoms with Gasteiger partial charge in [-0.2, -0.15) is 0 Å². The molecule has 0 aliphatic heterocycles. The number of hydrogen-bond acceptors (Lipinski definition) is 4. The van der Waals surface area contributed by atoms with Crippen LogP contribution in [0, 0.1) is 0 Å². The van der Waals surface area contributed by atoms with Crippen LogP contribution in [0.4, 0.5) is 0 Å². The van der Waals surface area contributed by atoms with E-state index in [1.54, 1.807) is 0 Å². The molecule has 0 aliphatic rings. The molecule has 6 heteroatoms. The zero-order chi connectivity index (χ0) is 9.56. The molecule has 0 radical (unpaired) electrons. The zero-order valence-electron chi connectivity index (χ0n) is 6.19. The summed E-state index contributed by atoms with van der Waals surface area (Å²) in [5.74, 6) is -1.89. The molecule has 0 rings (SSSR count). The molecule has 0 aromatic heterocycles. The number of amides is 1. The van der Waals surface area contributed by atoms with Crippen LogP contribution < -0.4 is 5.73 Å². The number of aliphatic carboxylic acids is 1. The van der Waals surface area contributed by atoms with Crippen LogP contribution in [-0.2, 0) is 14.4 Å². The Morgan fingerprint density at radius 3 is 2.58 bits per heavy atom. The molecule has 3 N–H and O–H groups in total. The normalized spacial score (nSPS) is 11.4. The first-order valence-electron chi connectivity index (χ1n) is 3.17. The molecule has 6 nitrogen and oxygen atoms in total. The molecule has 0 spiro atoms. The van der Waals surface area contributed by atoms with Crippen molar-refractivity contribution in [2.24, 2.45) is 10.7 Å². The molecule has 1 atom stereocenters. The third kappa shape index (κ3) is 4.32. The molecule has 66 valence electrons. The van der Waals surface area contributed by atoms with Gasteiger partial charge in [0.1, 0.15) is 0 Å². The molecule has 0 heterocycles. The third-order valence-electron chi connectivity index (χ3n) is 1.14. The van der Waals surface area contributed by atoms with Gasteiger partial charge in [-0.05, 0) is 6.42 Å². The van der Waals surface area contributed by atoms with Crippen LogP contribution in [-0.4, -0.2) is 29.1 Å². The minimum atomic E-state index is -1.05. The van der Waals surface area contributed by atoms with Gasteiger partial charge in [-0.3, -0.25) is 9.59 Å². The Labute approximate surface area is 68.1 Å². The number of nitrogens with zero attached hydrogens (tertiary/aromatic N) is 1. The number of isocyanates is 1. The third-order valence-corrected chi connectivity index (χ3v) is 1.14. The van der Waals surface area contributed by atoms with Gasteiger partial charge in [0.25, 0.3) is 5.91 Å². The molecule has 0 saturated carbocycles. The number of carboxylic acids is 1. The predicted molar refractivity (Wildman–Crippen MR) is 38.0 cm³/mol. The number of nitrogens with two attached hydrogens (primary N) is 1. The number of carbonyl (C=O) groups is 2. The summed E-state index contributed by atoms with van der Waals surface area (Å²) < 4.78 is 0. The Kier molecular flexibility index (Phi) is 4.52. The van der Waals surface area contributed by atoms with Crippen LogP contribution in [0.1, 0.15) is 12.8 Å². The first-order valence-corrected chi connectivity index (χ1v) is 3.17. The molecule has 1 unspecified atom stereocenters. The monoisotopic (exact) mass is 172 g/mol. The van der Waals surface area contributed by atoms with Crippen LogP contribution in [0.5, 0.6) is 0 Å². The van der Waals surface area contributed by atoms with Crippen molar-refractivity contribution < 1.29 is 19.5 Å². The second-order valence-electron chi connectivity index (χ2n) is 2.08.